The molecule has 46 heteroatoms. The monoisotopic (exact) mass is 1910 g/mol. The predicted octanol–water partition coefficient (Wildman–Crippen LogP) is -2.62. The summed E-state index contributed by atoms with van der Waals surface area (Å²) in [7, 11) is 3.71. The molecule has 24 N–H and O–H groups in total. The van der Waals surface area contributed by atoms with E-state index in [0.29, 0.717) is 70.0 Å². The van der Waals surface area contributed by atoms with Gasteiger partial charge in [0.15, 0.2) is 5.96 Å². The van der Waals surface area contributed by atoms with E-state index in [9.17, 15) is 71.3 Å². The van der Waals surface area contributed by atoms with Gasteiger partial charge in [0.2, 0.25) is 100 Å². The first-order valence-electron chi connectivity index (χ1n) is 44.9. The van der Waals surface area contributed by atoms with Gasteiger partial charge in [-0.15, -0.1) is 11.8 Å². The van der Waals surface area contributed by atoms with E-state index in [1.807, 2.05) is 6.92 Å². The Morgan fingerprint density at radius 1 is 0.563 bits per heavy atom. The van der Waals surface area contributed by atoms with Crippen LogP contribution in [0.5, 0.6) is 0 Å². The summed E-state index contributed by atoms with van der Waals surface area (Å²) in [5.74, 6) is -19.4. The van der Waals surface area contributed by atoms with Crippen molar-refractivity contribution in [2.75, 3.05) is 72.0 Å². The van der Waals surface area contributed by atoms with Crippen LogP contribution >= 0.6 is 11.8 Å². The molecular formula is C89H126F3N23O19S. The first-order chi connectivity index (χ1) is 64.0. The van der Waals surface area contributed by atoms with E-state index in [2.05, 4.69) is 68.5 Å². The molecule has 135 heavy (non-hydrogen) atoms. The zero-order valence-corrected chi connectivity index (χ0v) is 77.5. The second-order valence-electron chi connectivity index (χ2n) is 34.5. The molecule has 2 unspecified atom stereocenters. The first kappa shape index (κ1) is 107. The lowest BCUT2D eigenvalue weighted by atomic mass is 10.00. The Morgan fingerprint density at radius 2 is 1.10 bits per heavy atom. The van der Waals surface area contributed by atoms with Gasteiger partial charge in [0, 0.05) is 113 Å². The molecule has 17 amide bonds. The predicted molar refractivity (Wildman–Crippen MR) is 490 cm³/mol. The molecule has 0 saturated carbocycles. The molecule has 5 heterocycles. The molecule has 3 aliphatic heterocycles. The number of para-hydroxylation sites is 2. The number of nitrogens with zero attached hydrogens (tertiary/aromatic N) is 5. The number of hydrogen-bond donors (Lipinski definition) is 20. The van der Waals surface area contributed by atoms with Crippen LogP contribution in [-0.2, 0) is 107 Å². The number of alkyl halides is 3. The van der Waals surface area contributed by atoms with Gasteiger partial charge in [-0.2, -0.15) is 13.2 Å². The molecule has 3 aromatic carbocycles. The average molecular weight is 1910 g/mol. The van der Waals surface area contributed by atoms with Gasteiger partial charge in [0.25, 0.3) is 0 Å². The van der Waals surface area contributed by atoms with Crippen molar-refractivity contribution in [3.05, 3.63) is 107 Å². The Kier molecular flexibility index (Phi) is 40.1. The fourth-order valence-electron chi connectivity index (χ4n) is 16.4. The van der Waals surface area contributed by atoms with Crippen molar-refractivity contribution in [2.24, 2.45) is 28.9 Å². The highest BCUT2D eigenvalue weighted by molar-refractivity contribution is 8.00. The average Bonchev–Trinajstić information content (AvgIpc) is 1.75. The molecule has 42 nitrogen and oxygen atoms in total. The summed E-state index contributed by atoms with van der Waals surface area (Å²) in [5.41, 5.74) is 23.7. The third kappa shape index (κ3) is 30.0. The Labute approximate surface area is 782 Å². The van der Waals surface area contributed by atoms with Crippen molar-refractivity contribution in [2.45, 2.75) is 234 Å². The Bertz CT molecular complexity index is 5100. The van der Waals surface area contributed by atoms with Gasteiger partial charge < -0.3 is 126 Å². The molecule has 0 radical (unpaired) electrons. The van der Waals surface area contributed by atoms with Gasteiger partial charge in [-0.3, -0.25) is 86.9 Å². The highest BCUT2D eigenvalue weighted by Crippen LogP contribution is 2.32. The number of carbonyl (C=O) groups excluding carboxylic acids is 17. The Hall–Kier alpha value is -13.0. The van der Waals surface area contributed by atoms with Crippen LogP contribution < -0.4 is 81.4 Å². The van der Waals surface area contributed by atoms with Crippen molar-refractivity contribution in [3.63, 3.8) is 0 Å². The first-order valence-corrected chi connectivity index (χ1v) is 46.0. The van der Waals surface area contributed by atoms with Crippen molar-refractivity contribution >= 4 is 140 Å². The number of rotatable bonds is 25. The number of nitrogens with two attached hydrogens (primary N) is 4. The number of unbranched alkanes of at least 4 members (excludes halogenated alkanes) is 2. The van der Waals surface area contributed by atoms with Crippen LogP contribution in [0.25, 0.3) is 21.8 Å². The Balaban J connectivity index is 1.20. The molecule has 8 rings (SSSR count). The maximum absolute atomic E-state index is 15.7. The van der Waals surface area contributed by atoms with Crippen LogP contribution in [0.2, 0.25) is 0 Å². The zero-order chi connectivity index (χ0) is 99.4. The molecule has 5 aromatic rings. The summed E-state index contributed by atoms with van der Waals surface area (Å²) >= 11 is 0.647. The highest BCUT2D eigenvalue weighted by Gasteiger charge is 2.47. The van der Waals surface area contributed by atoms with Crippen molar-refractivity contribution < 1.29 is 105 Å². The number of guanidine groups is 1. The molecule has 15 atom stereocenters. The number of hydrogen-bond acceptors (Lipinski definition) is 22. The number of H-pyrrole nitrogens is 2. The van der Waals surface area contributed by atoms with E-state index >= 15 is 33.6 Å². The van der Waals surface area contributed by atoms with E-state index < -0.39 is 266 Å². The van der Waals surface area contributed by atoms with Crippen LogP contribution in [0.3, 0.4) is 0 Å². The number of amides is 17. The SMILES string of the molecule is CCCC[C@H]1C(=O)N(C)[C@@H](CCCC)C(=O)N[C@@H](CCCNC(=N)N)C(=O)N[C@H](C(=O)NCC(N)=O)CSCC(=O)N[C@@H](Cc2cccc(C(F)(F)F)c2)C(=O)N(C)[C@@H](C)C(=O)NC(CC(N)=O)C(=O)N2CCC[C@H]2C(=O)N[C@@H](CN)C(=O)N[C@@H](CC(C)C)C(=O)N2C[C@H](O)CC2C(=O)N[C@@H](Cc2c[nH]c3ccccc23)C(=O)N[C@@H](CO)C(=O)N[C@@H](Cc2c[nH]c3ccccc23)C(=O)N1C. The fourth-order valence-corrected chi connectivity index (χ4v) is 17.3. The molecule has 738 valence electrons. The van der Waals surface area contributed by atoms with Crippen LogP contribution in [0.1, 0.15) is 140 Å². The maximum atomic E-state index is 15.7. The minimum atomic E-state index is -4.90. The molecule has 3 fully saturated rings. The van der Waals surface area contributed by atoms with E-state index in [-0.39, 0.29) is 88.8 Å². The molecule has 0 bridgehead atoms. The number of carbonyl (C=O) groups is 17. The molecule has 3 aliphatic rings. The summed E-state index contributed by atoms with van der Waals surface area (Å²) in [4.78, 5) is 260. The third-order valence-electron chi connectivity index (χ3n) is 23.9. The number of thioether (sulfide) groups is 1. The molecule has 0 aliphatic carbocycles. The number of aromatic nitrogens is 2. The minimum Gasteiger partial charge on any atom is -0.394 e. The largest absolute Gasteiger partial charge is 0.416 e. The number of nitrogens with one attached hydrogen (secondary N) is 14. The maximum Gasteiger partial charge on any atom is 0.416 e. The quantitative estimate of drug-likeness (QED) is 0.0162. The lowest BCUT2D eigenvalue weighted by Crippen LogP contribution is -2.62. The second-order valence-corrected chi connectivity index (χ2v) is 35.5. The fraction of sp³-hybridized carbons (Fsp3) is 0.551. The van der Waals surface area contributed by atoms with Crippen LogP contribution in [-0.4, -0.2) is 314 Å². The summed E-state index contributed by atoms with van der Waals surface area (Å²) in [5, 5.41) is 59.8. The lowest BCUT2D eigenvalue weighted by molar-refractivity contribution is -0.149. The molecule has 3 saturated heterocycles. The van der Waals surface area contributed by atoms with E-state index in [0.717, 1.165) is 50.6 Å². The minimum absolute atomic E-state index is 0.0115. The van der Waals surface area contributed by atoms with Crippen LogP contribution in [0, 0.1) is 11.3 Å². The number of aromatic amines is 2. The number of aliphatic hydroxyl groups excluding tert-OH is 2. The summed E-state index contributed by atoms with van der Waals surface area (Å²) in [6.45, 7) is 4.95. The van der Waals surface area contributed by atoms with Gasteiger partial charge in [-0.25, -0.2) is 0 Å². The van der Waals surface area contributed by atoms with Crippen LogP contribution in [0.4, 0.5) is 13.2 Å². The van der Waals surface area contributed by atoms with E-state index in [4.69, 9.17) is 28.3 Å². The van der Waals surface area contributed by atoms with Crippen LogP contribution in [0.15, 0.2) is 85.2 Å². The molecule has 0 spiro atoms. The number of benzene rings is 3. The van der Waals surface area contributed by atoms with Gasteiger partial charge in [0.05, 0.1) is 37.0 Å². The van der Waals surface area contributed by atoms with Crippen molar-refractivity contribution in [3.8, 4) is 0 Å². The summed E-state index contributed by atoms with van der Waals surface area (Å²) in [6.07, 6.45) is -4.63. The van der Waals surface area contributed by atoms with Gasteiger partial charge >= 0.3 is 6.18 Å². The number of halogens is 3. The third-order valence-corrected chi connectivity index (χ3v) is 24.9. The molecule has 2 aromatic heterocycles. The number of primary amides is 2. The second kappa shape index (κ2) is 50.4. The van der Waals surface area contributed by atoms with Gasteiger partial charge in [-0.05, 0) is 92.7 Å². The Morgan fingerprint density at radius 3 is 1.70 bits per heavy atom. The van der Waals surface area contributed by atoms with Crippen molar-refractivity contribution in [1.82, 2.24) is 93.0 Å². The highest BCUT2D eigenvalue weighted by atomic mass is 32.2. The smallest absolute Gasteiger partial charge is 0.394 e. The number of likely N-dealkylation sites (N-methyl/N-ethyl adjacent to an activating group) is 3. The van der Waals surface area contributed by atoms with Gasteiger partial charge in [0.1, 0.15) is 84.6 Å². The lowest BCUT2D eigenvalue weighted by Gasteiger charge is -2.36. The number of aliphatic hydroxyl groups is 2. The van der Waals surface area contributed by atoms with Gasteiger partial charge in [-0.1, -0.05) is 108 Å². The van der Waals surface area contributed by atoms with Crippen molar-refractivity contribution in [1.29, 1.82) is 5.41 Å². The van der Waals surface area contributed by atoms with E-state index in [1.165, 1.54) is 20.2 Å². The van der Waals surface area contributed by atoms with E-state index in [1.54, 1.807) is 81.7 Å². The molecular weight excluding hydrogens is 1780 g/mol. The summed E-state index contributed by atoms with van der Waals surface area (Å²) in [6, 6.07) is -5.22. The normalized spacial score (nSPS) is 24.9. The summed E-state index contributed by atoms with van der Waals surface area (Å²) < 4.78 is 42.8. The topological polar surface area (TPSA) is 639 Å². The standard InChI is InChI=1S/C89H126F3N23O19S/c1-9-11-27-67-80(127)103-58(26-18-30-98-88(96)97)76(123)110-66(75(122)101-42-72(95)119)45-135-46-73(120)102-61(34-49-20-17-21-52(33-49)89(90,91)92)83(130)111(6)48(5)74(121)105-63(38-71(94)118)85(132)114-31-19-29-68(114)81(128)108-64(39-93)78(125)106-60(32-47(3)4)86(133)115-43-53(117)37-70(115)82(129)104-59(35-50-40-99-56-24-15-13-22-54(50)56)77(124)109-65(44-116)79(126)107-62(36-51-41-100-57-25-16-14-23-55(51)57)84(131)113(8)69(28-12-10-2)87(134)112(67)7/h13-17,20-25,33,40-41,47-48,53,58-70,99-100,116-117H,9-12,18-19,26-32,34-39,42-46,93H2,1-8H3,(H2,94,118)(H2,95,119)(H,101,122)(H,102,120)(H,103,127)(H,104,129)(H,105,121)(H,106,125)(H,107,126)(H,108,128)(H,109,124)(H,110,123)(H4,96,97,98)/t48-,53+,58-,59-,60-,61-,62-,63?,64-,65-,66-,67-,68-,69-,70?/m0/s1. The number of fused-ring (bicyclic) bond motifs is 4. The zero-order valence-electron chi connectivity index (χ0n) is 76.7.